The second kappa shape index (κ2) is 8.81. The number of aromatic nitrogens is 1. The van der Waals surface area contributed by atoms with E-state index < -0.39 is 29.2 Å². The monoisotopic (exact) mass is 505 g/mol. The van der Waals surface area contributed by atoms with Crippen LogP contribution in [0.5, 0.6) is 0 Å². The van der Waals surface area contributed by atoms with Gasteiger partial charge in [0.25, 0.3) is 17.7 Å². The molecule has 3 amide bonds. The molecule has 1 aliphatic rings. The molecule has 0 bridgehead atoms. The van der Waals surface area contributed by atoms with Gasteiger partial charge in [-0.05, 0) is 42.8 Å². The Morgan fingerprint density at radius 2 is 1.83 bits per heavy atom. The van der Waals surface area contributed by atoms with Crippen LogP contribution in [0.4, 0.5) is 10.1 Å². The quantitative estimate of drug-likeness (QED) is 0.167. The van der Waals surface area contributed by atoms with E-state index in [1.165, 1.54) is 41.8 Å². The van der Waals surface area contributed by atoms with Crippen LogP contribution in [0.3, 0.4) is 0 Å². The molecule has 0 atom stereocenters. The Kier molecular flexibility index (Phi) is 5.67. The molecule has 12 heteroatoms. The van der Waals surface area contributed by atoms with Gasteiger partial charge in [-0.15, -0.1) is 0 Å². The molecule has 2 aromatic heterocycles. The van der Waals surface area contributed by atoms with E-state index >= 15 is 0 Å². The summed E-state index contributed by atoms with van der Waals surface area (Å²) in [4.78, 5) is 55.1. The number of hydrogen-bond donors (Lipinski definition) is 0. The minimum absolute atomic E-state index is 0.0641. The van der Waals surface area contributed by atoms with Crippen molar-refractivity contribution in [1.82, 2.24) is 9.88 Å². The zero-order valence-electron chi connectivity index (χ0n) is 18.1. The number of fused-ring (bicyclic) bond motifs is 2. The van der Waals surface area contributed by atoms with Gasteiger partial charge in [-0.2, -0.15) is 10.1 Å². The lowest BCUT2D eigenvalue weighted by atomic mass is 10.1. The summed E-state index contributed by atoms with van der Waals surface area (Å²) < 4.78 is 0.834. The highest BCUT2D eigenvalue weighted by Crippen LogP contribution is 2.31. The zero-order chi connectivity index (χ0) is 24.7. The van der Waals surface area contributed by atoms with E-state index in [2.05, 4.69) is 10.1 Å². The largest absolute Gasteiger partial charge is 0.324 e. The van der Waals surface area contributed by atoms with Gasteiger partial charge in [0, 0.05) is 6.07 Å². The third kappa shape index (κ3) is 4.20. The Bertz CT molecular complexity index is 1520. The van der Waals surface area contributed by atoms with Gasteiger partial charge in [-0.25, -0.2) is 4.98 Å². The molecule has 0 spiro atoms. The summed E-state index contributed by atoms with van der Waals surface area (Å²) in [5.41, 5.74) is 2.16. The molecular formula is C23H15N5O5S2. The SMILES string of the molecule is Cc1ccc2nc(N(/N=C/c3ccc([N+](=O)[O-])s3)C(=O)CN3C(=O)c4ccccc4C3=O)sc2c1. The van der Waals surface area contributed by atoms with E-state index in [9.17, 15) is 24.5 Å². The molecule has 0 saturated carbocycles. The van der Waals surface area contributed by atoms with E-state index in [1.807, 2.05) is 25.1 Å². The highest BCUT2D eigenvalue weighted by atomic mass is 32.1. The van der Waals surface area contributed by atoms with Gasteiger partial charge in [0.2, 0.25) is 5.13 Å². The normalized spacial score (nSPS) is 13.1. The van der Waals surface area contributed by atoms with E-state index in [0.717, 1.165) is 31.5 Å². The van der Waals surface area contributed by atoms with Crippen molar-refractivity contribution in [3.8, 4) is 0 Å². The van der Waals surface area contributed by atoms with Gasteiger partial charge in [0.05, 0.1) is 37.4 Å². The number of thiophene rings is 1. The molecule has 0 radical (unpaired) electrons. The fourth-order valence-corrected chi connectivity index (χ4v) is 5.27. The van der Waals surface area contributed by atoms with Gasteiger partial charge in [0.15, 0.2) is 0 Å². The van der Waals surface area contributed by atoms with Gasteiger partial charge in [-0.3, -0.25) is 29.4 Å². The Hall–Kier alpha value is -4.29. The van der Waals surface area contributed by atoms with Crippen LogP contribution in [0, 0.1) is 17.0 Å². The van der Waals surface area contributed by atoms with Crippen molar-refractivity contribution in [3.05, 3.63) is 86.3 Å². The fourth-order valence-electron chi connectivity index (χ4n) is 3.54. The molecule has 0 aliphatic carbocycles. The van der Waals surface area contributed by atoms with Crippen LogP contribution >= 0.6 is 22.7 Å². The molecule has 5 rings (SSSR count). The number of amides is 3. The van der Waals surface area contributed by atoms with Crippen LogP contribution in [0.25, 0.3) is 10.2 Å². The molecule has 0 fully saturated rings. The molecule has 0 N–H and O–H groups in total. The average molecular weight is 506 g/mol. The van der Waals surface area contributed by atoms with E-state index in [4.69, 9.17) is 0 Å². The molecule has 2 aromatic carbocycles. The first-order valence-electron chi connectivity index (χ1n) is 10.3. The molecule has 0 unspecified atom stereocenters. The number of carbonyl (C=O) groups is 3. The van der Waals surface area contributed by atoms with E-state index in [1.54, 1.807) is 12.1 Å². The van der Waals surface area contributed by atoms with Gasteiger partial charge < -0.3 is 0 Å². The topological polar surface area (TPSA) is 126 Å². The summed E-state index contributed by atoms with van der Waals surface area (Å²) in [7, 11) is 0. The summed E-state index contributed by atoms with van der Waals surface area (Å²) in [5, 5.41) is 16.4. The first-order chi connectivity index (χ1) is 16.8. The first kappa shape index (κ1) is 22.5. The highest BCUT2D eigenvalue weighted by Gasteiger charge is 2.37. The van der Waals surface area contributed by atoms with Crippen LogP contribution in [0.1, 0.15) is 31.2 Å². The number of benzene rings is 2. The number of hydrazone groups is 1. The molecule has 0 saturated heterocycles. The number of aryl methyl sites for hydroxylation is 1. The number of nitrogens with zero attached hydrogens (tertiary/aromatic N) is 5. The number of rotatable bonds is 6. The number of hydrogen-bond acceptors (Lipinski definition) is 9. The summed E-state index contributed by atoms with van der Waals surface area (Å²) in [6, 6.07) is 14.9. The van der Waals surface area contributed by atoms with Crippen LogP contribution in [0.15, 0.2) is 59.7 Å². The Morgan fingerprint density at radius 3 is 2.49 bits per heavy atom. The summed E-state index contributed by atoms with van der Waals surface area (Å²) in [6.07, 6.45) is 1.31. The second-order valence-electron chi connectivity index (χ2n) is 7.59. The first-order valence-corrected chi connectivity index (χ1v) is 11.9. The predicted molar refractivity (Wildman–Crippen MR) is 132 cm³/mol. The summed E-state index contributed by atoms with van der Waals surface area (Å²) in [6.45, 7) is 1.40. The van der Waals surface area contributed by atoms with Crippen molar-refractivity contribution in [3.63, 3.8) is 0 Å². The summed E-state index contributed by atoms with van der Waals surface area (Å²) >= 11 is 2.13. The highest BCUT2D eigenvalue weighted by molar-refractivity contribution is 7.22. The number of imide groups is 1. The Balaban J connectivity index is 1.48. The third-order valence-electron chi connectivity index (χ3n) is 5.21. The van der Waals surface area contributed by atoms with Crippen LogP contribution in [0.2, 0.25) is 0 Å². The fraction of sp³-hybridized carbons (Fsp3) is 0.0870. The lowest BCUT2D eigenvalue weighted by Crippen LogP contribution is -2.41. The number of thiazole rings is 1. The Labute approximate surface area is 205 Å². The molecule has 4 aromatic rings. The van der Waals surface area contributed by atoms with E-state index in [-0.39, 0.29) is 21.3 Å². The predicted octanol–water partition coefficient (Wildman–Crippen LogP) is 4.24. The maximum atomic E-state index is 13.3. The maximum absolute atomic E-state index is 13.3. The molecule has 35 heavy (non-hydrogen) atoms. The van der Waals surface area contributed by atoms with Crippen molar-refractivity contribution in [2.24, 2.45) is 5.10 Å². The lowest BCUT2D eigenvalue weighted by Gasteiger charge is -2.18. The number of carbonyl (C=O) groups excluding carboxylic acids is 3. The van der Waals surface area contributed by atoms with E-state index in [0.29, 0.717) is 10.4 Å². The van der Waals surface area contributed by atoms with Crippen molar-refractivity contribution in [2.45, 2.75) is 6.92 Å². The minimum Gasteiger partial charge on any atom is -0.270 e. The van der Waals surface area contributed by atoms with Crippen molar-refractivity contribution < 1.29 is 19.3 Å². The number of nitro groups is 1. The van der Waals surface area contributed by atoms with Gasteiger partial charge >= 0.3 is 5.00 Å². The van der Waals surface area contributed by atoms with Crippen molar-refractivity contribution in [2.75, 3.05) is 11.6 Å². The van der Waals surface area contributed by atoms with Crippen molar-refractivity contribution >= 4 is 67.0 Å². The smallest absolute Gasteiger partial charge is 0.270 e. The molecule has 1 aliphatic heterocycles. The molecule has 174 valence electrons. The zero-order valence-corrected chi connectivity index (χ0v) is 19.7. The minimum atomic E-state index is -0.655. The third-order valence-corrected chi connectivity index (χ3v) is 7.18. The number of anilines is 1. The molecular weight excluding hydrogens is 490 g/mol. The Morgan fingerprint density at radius 1 is 1.11 bits per heavy atom. The van der Waals surface area contributed by atoms with Gasteiger partial charge in [0.1, 0.15) is 6.54 Å². The standard InChI is InChI=1S/C23H15N5O5S2/c1-13-6-8-17-18(10-13)35-23(25-17)27(24-11-14-7-9-20(34-14)28(32)33)19(29)12-26-21(30)15-4-2-3-5-16(15)22(26)31/h2-11H,12H2,1H3/b24-11+. The van der Waals surface area contributed by atoms with Crippen molar-refractivity contribution in [1.29, 1.82) is 0 Å². The summed E-state index contributed by atoms with van der Waals surface area (Å²) in [5.74, 6) is -1.77. The van der Waals surface area contributed by atoms with Crippen LogP contribution in [-0.4, -0.2) is 45.3 Å². The van der Waals surface area contributed by atoms with Gasteiger partial charge in [-0.1, -0.05) is 40.9 Å². The second-order valence-corrected chi connectivity index (χ2v) is 9.70. The molecule has 3 heterocycles. The average Bonchev–Trinajstić information content (AvgIpc) is 3.53. The lowest BCUT2D eigenvalue weighted by molar-refractivity contribution is -0.380. The van der Waals surface area contributed by atoms with Crippen LogP contribution in [-0.2, 0) is 4.79 Å². The maximum Gasteiger partial charge on any atom is 0.324 e. The van der Waals surface area contributed by atoms with Crippen LogP contribution < -0.4 is 5.01 Å². The molecule has 10 nitrogen and oxygen atoms in total.